The van der Waals surface area contributed by atoms with E-state index in [0.29, 0.717) is 0 Å². The second-order valence-electron chi connectivity index (χ2n) is 6.68. The average Bonchev–Trinajstić information content (AvgIpc) is 2.31. The van der Waals surface area contributed by atoms with Crippen molar-refractivity contribution in [1.82, 2.24) is 0 Å². The van der Waals surface area contributed by atoms with Gasteiger partial charge in [0.05, 0.1) is 6.42 Å². The van der Waals surface area contributed by atoms with E-state index < -0.39 is 6.10 Å². The predicted molar refractivity (Wildman–Crippen MR) is 84.2 cm³/mol. The Balaban J connectivity index is 2.63. The van der Waals surface area contributed by atoms with Crippen LogP contribution in [-0.2, 0) is 14.3 Å². The highest BCUT2D eigenvalue weighted by molar-refractivity contribution is 5.95. The Kier molecular flexibility index (Phi) is 5.53. The van der Waals surface area contributed by atoms with Crippen LogP contribution in [0.1, 0.15) is 45.2 Å². The molecule has 1 unspecified atom stereocenters. The lowest BCUT2D eigenvalue weighted by molar-refractivity contribution is -0.154. The van der Waals surface area contributed by atoms with Gasteiger partial charge in [0.1, 0.15) is 0 Å². The van der Waals surface area contributed by atoms with Crippen molar-refractivity contribution in [2.75, 3.05) is 5.32 Å². The molecule has 0 aliphatic carbocycles. The fraction of sp³-hybridized carbons (Fsp3) is 0.529. The van der Waals surface area contributed by atoms with Crippen molar-refractivity contribution in [2.45, 2.75) is 54.1 Å². The summed E-state index contributed by atoms with van der Waals surface area (Å²) in [5.74, 6) is -0.669. The van der Waals surface area contributed by atoms with Crippen molar-refractivity contribution in [3.8, 4) is 0 Å². The van der Waals surface area contributed by atoms with Crippen LogP contribution in [0.5, 0.6) is 0 Å². The highest BCUT2D eigenvalue weighted by Crippen LogP contribution is 2.20. The van der Waals surface area contributed by atoms with E-state index in [4.69, 9.17) is 4.74 Å². The van der Waals surface area contributed by atoms with E-state index in [1.165, 1.54) is 0 Å². The molecule has 0 spiro atoms. The van der Waals surface area contributed by atoms with Gasteiger partial charge in [0.15, 0.2) is 6.10 Å². The Morgan fingerprint density at radius 3 is 2.43 bits per heavy atom. The Morgan fingerprint density at radius 2 is 1.86 bits per heavy atom. The monoisotopic (exact) mass is 291 g/mol. The molecule has 1 aromatic carbocycles. The van der Waals surface area contributed by atoms with E-state index in [9.17, 15) is 9.59 Å². The van der Waals surface area contributed by atoms with Gasteiger partial charge in [-0.1, -0.05) is 32.9 Å². The summed E-state index contributed by atoms with van der Waals surface area (Å²) in [7, 11) is 0. The van der Waals surface area contributed by atoms with Crippen molar-refractivity contribution in [2.24, 2.45) is 5.41 Å². The summed E-state index contributed by atoms with van der Waals surface area (Å²) in [5, 5.41) is 2.80. The van der Waals surface area contributed by atoms with Gasteiger partial charge in [-0.2, -0.15) is 0 Å². The van der Waals surface area contributed by atoms with Gasteiger partial charge in [-0.3, -0.25) is 9.59 Å². The van der Waals surface area contributed by atoms with Crippen LogP contribution in [0.2, 0.25) is 0 Å². The number of amides is 1. The van der Waals surface area contributed by atoms with Gasteiger partial charge in [-0.25, -0.2) is 0 Å². The summed E-state index contributed by atoms with van der Waals surface area (Å²) >= 11 is 0. The lowest BCUT2D eigenvalue weighted by atomic mass is 9.92. The molecule has 0 heterocycles. The number of anilines is 1. The molecule has 0 aliphatic heterocycles. The molecule has 116 valence electrons. The third-order valence-corrected chi connectivity index (χ3v) is 3.00. The molecule has 0 bridgehead atoms. The molecule has 4 heteroatoms. The number of carbonyl (C=O) groups is 2. The maximum atomic E-state index is 12.1. The number of nitrogens with one attached hydrogen (secondary N) is 1. The van der Waals surface area contributed by atoms with Crippen LogP contribution in [0.3, 0.4) is 0 Å². The van der Waals surface area contributed by atoms with Crippen molar-refractivity contribution >= 4 is 17.6 Å². The zero-order chi connectivity index (χ0) is 16.2. The van der Waals surface area contributed by atoms with Crippen LogP contribution < -0.4 is 5.32 Å². The third kappa shape index (κ3) is 5.98. The fourth-order valence-electron chi connectivity index (χ4n) is 1.83. The van der Waals surface area contributed by atoms with Gasteiger partial charge in [0.2, 0.25) is 0 Å². The normalized spacial score (nSPS) is 12.7. The quantitative estimate of drug-likeness (QED) is 0.862. The van der Waals surface area contributed by atoms with Gasteiger partial charge >= 0.3 is 5.97 Å². The lowest BCUT2D eigenvalue weighted by Crippen LogP contribution is -2.31. The summed E-state index contributed by atoms with van der Waals surface area (Å²) in [6.45, 7) is 11.3. The fourth-order valence-corrected chi connectivity index (χ4v) is 1.83. The molecule has 4 nitrogen and oxygen atoms in total. The van der Waals surface area contributed by atoms with Crippen molar-refractivity contribution < 1.29 is 14.3 Å². The number of ether oxygens (including phenoxy) is 1. The van der Waals surface area contributed by atoms with Crippen molar-refractivity contribution in [1.29, 1.82) is 0 Å². The van der Waals surface area contributed by atoms with E-state index in [1.54, 1.807) is 6.92 Å². The van der Waals surface area contributed by atoms with E-state index in [-0.39, 0.29) is 23.7 Å². The SMILES string of the molecule is Cc1ccc(C)c(NC(=O)C(C)OC(=O)CC(C)(C)C)c1. The highest BCUT2D eigenvalue weighted by Gasteiger charge is 2.22. The molecule has 0 fully saturated rings. The zero-order valence-corrected chi connectivity index (χ0v) is 13.7. The van der Waals surface area contributed by atoms with Gasteiger partial charge < -0.3 is 10.1 Å². The van der Waals surface area contributed by atoms with E-state index >= 15 is 0 Å². The number of esters is 1. The second kappa shape index (κ2) is 6.74. The minimum Gasteiger partial charge on any atom is -0.453 e. The summed E-state index contributed by atoms with van der Waals surface area (Å²) in [6.07, 6.45) is -0.520. The van der Waals surface area contributed by atoms with Crippen LogP contribution in [0, 0.1) is 19.3 Å². The number of rotatable bonds is 4. The number of hydrogen-bond acceptors (Lipinski definition) is 3. The number of aryl methyl sites for hydroxylation is 2. The van der Waals surface area contributed by atoms with Gasteiger partial charge in [0, 0.05) is 5.69 Å². The molecule has 1 amide bonds. The minimum atomic E-state index is -0.806. The maximum absolute atomic E-state index is 12.1. The molecule has 0 aromatic heterocycles. The predicted octanol–water partition coefficient (Wildman–Crippen LogP) is 3.61. The molecular weight excluding hydrogens is 266 g/mol. The van der Waals surface area contributed by atoms with Gasteiger partial charge in [-0.15, -0.1) is 0 Å². The van der Waals surface area contributed by atoms with E-state index in [2.05, 4.69) is 5.32 Å². The molecule has 21 heavy (non-hydrogen) atoms. The van der Waals surface area contributed by atoms with Gasteiger partial charge in [0.25, 0.3) is 5.91 Å². The zero-order valence-electron chi connectivity index (χ0n) is 13.7. The Hall–Kier alpha value is -1.84. The number of hydrogen-bond donors (Lipinski definition) is 1. The first-order chi connectivity index (χ1) is 9.58. The highest BCUT2D eigenvalue weighted by atomic mass is 16.5. The summed E-state index contributed by atoms with van der Waals surface area (Å²) in [6, 6.07) is 5.83. The molecule has 1 rings (SSSR count). The Labute approximate surface area is 126 Å². The topological polar surface area (TPSA) is 55.4 Å². The molecule has 0 saturated carbocycles. The molecule has 0 aliphatic rings. The second-order valence-corrected chi connectivity index (χ2v) is 6.68. The molecular formula is C17H25NO3. The Bertz CT molecular complexity index is 529. The molecule has 0 saturated heterocycles. The van der Waals surface area contributed by atoms with Crippen molar-refractivity contribution in [3.63, 3.8) is 0 Å². The van der Waals surface area contributed by atoms with Crippen LogP contribution in [-0.4, -0.2) is 18.0 Å². The summed E-state index contributed by atoms with van der Waals surface area (Å²) in [5.41, 5.74) is 2.63. The Morgan fingerprint density at radius 1 is 1.24 bits per heavy atom. The average molecular weight is 291 g/mol. The molecule has 1 atom stereocenters. The summed E-state index contributed by atoms with van der Waals surface area (Å²) in [4.78, 5) is 23.8. The van der Waals surface area contributed by atoms with E-state index in [0.717, 1.165) is 16.8 Å². The first kappa shape index (κ1) is 17.2. The van der Waals surface area contributed by atoms with Crippen LogP contribution >= 0.6 is 0 Å². The van der Waals surface area contributed by atoms with Crippen LogP contribution in [0.15, 0.2) is 18.2 Å². The van der Waals surface area contributed by atoms with Crippen molar-refractivity contribution in [3.05, 3.63) is 29.3 Å². The standard InChI is InChI=1S/C17H25NO3/c1-11-7-8-12(2)14(9-11)18-16(20)13(3)21-15(19)10-17(4,5)6/h7-9,13H,10H2,1-6H3,(H,18,20). The third-order valence-electron chi connectivity index (χ3n) is 3.00. The van der Waals surface area contributed by atoms with Crippen LogP contribution in [0.25, 0.3) is 0 Å². The minimum absolute atomic E-state index is 0.152. The lowest BCUT2D eigenvalue weighted by Gasteiger charge is -2.19. The smallest absolute Gasteiger partial charge is 0.307 e. The van der Waals surface area contributed by atoms with Gasteiger partial charge in [-0.05, 0) is 43.4 Å². The molecule has 1 N–H and O–H groups in total. The maximum Gasteiger partial charge on any atom is 0.307 e. The number of carbonyl (C=O) groups excluding carboxylic acids is 2. The van der Waals surface area contributed by atoms with E-state index in [1.807, 2.05) is 52.8 Å². The largest absolute Gasteiger partial charge is 0.453 e. The molecule has 1 aromatic rings. The molecule has 0 radical (unpaired) electrons. The van der Waals surface area contributed by atoms with Crippen LogP contribution in [0.4, 0.5) is 5.69 Å². The first-order valence-corrected chi connectivity index (χ1v) is 7.16. The summed E-state index contributed by atoms with van der Waals surface area (Å²) < 4.78 is 5.18. The number of benzene rings is 1. The first-order valence-electron chi connectivity index (χ1n) is 7.16.